The number of nitrogens with one attached hydrogen (secondary N) is 1. The molecule has 96 valence electrons. The summed E-state index contributed by atoms with van der Waals surface area (Å²) in [4.78, 5) is 0. The molecule has 0 aliphatic heterocycles. The standard InChI is InChI=1S/C13H19BrFNO/c1-3-6-16-8-10(2)9-17-13-5-4-11(14)7-12(13)15/h4-5,7,10,16H,3,6,8-9H2,1-2H3. The van der Waals surface area contributed by atoms with E-state index < -0.39 is 0 Å². The van der Waals surface area contributed by atoms with E-state index in [1.807, 2.05) is 0 Å². The lowest BCUT2D eigenvalue weighted by molar-refractivity contribution is 0.245. The van der Waals surface area contributed by atoms with Crippen LogP contribution in [-0.4, -0.2) is 19.7 Å². The van der Waals surface area contributed by atoms with Gasteiger partial charge in [0.05, 0.1) is 6.61 Å². The fourth-order valence-electron chi connectivity index (χ4n) is 1.41. The molecule has 1 N–H and O–H groups in total. The van der Waals surface area contributed by atoms with Crippen molar-refractivity contribution in [3.05, 3.63) is 28.5 Å². The zero-order chi connectivity index (χ0) is 12.7. The summed E-state index contributed by atoms with van der Waals surface area (Å²) in [5, 5.41) is 3.31. The van der Waals surface area contributed by atoms with Crippen LogP contribution in [-0.2, 0) is 0 Å². The first kappa shape index (κ1) is 14.5. The van der Waals surface area contributed by atoms with E-state index >= 15 is 0 Å². The second kappa shape index (κ2) is 7.67. The highest BCUT2D eigenvalue weighted by Crippen LogP contribution is 2.21. The molecule has 1 aromatic rings. The average Bonchev–Trinajstić information content (AvgIpc) is 2.28. The lowest BCUT2D eigenvalue weighted by Crippen LogP contribution is -2.25. The lowest BCUT2D eigenvalue weighted by atomic mass is 10.2. The SMILES string of the molecule is CCCNCC(C)COc1ccc(Br)cc1F. The largest absolute Gasteiger partial charge is 0.490 e. The van der Waals surface area contributed by atoms with Gasteiger partial charge in [0, 0.05) is 16.9 Å². The average molecular weight is 304 g/mol. The fraction of sp³-hybridized carbons (Fsp3) is 0.538. The molecule has 1 aromatic carbocycles. The van der Waals surface area contributed by atoms with Gasteiger partial charge in [0.1, 0.15) is 0 Å². The monoisotopic (exact) mass is 303 g/mol. The number of halogens is 2. The Bertz CT molecular complexity index is 346. The van der Waals surface area contributed by atoms with E-state index in [2.05, 4.69) is 35.1 Å². The Kier molecular flexibility index (Phi) is 6.52. The van der Waals surface area contributed by atoms with Crippen LogP contribution in [0.2, 0.25) is 0 Å². The molecule has 0 heterocycles. The Balaban J connectivity index is 2.34. The molecule has 1 atom stereocenters. The molecule has 0 saturated heterocycles. The molecule has 0 aliphatic rings. The highest BCUT2D eigenvalue weighted by Gasteiger charge is 2.07. The summed E-state index contributed by atoms with van der Waals surface area (Å²) in [6.45, 7) is 6.64. The third kappa shape index (κ3) is 5.50. The van der Waals surface area contributed by atoms with Crippen LogP contribution in [0.4, 0.5) is 4.39 Å². The molecule has 0 fully saturated rings. The maximum atomic E-state index is 13.4. The summed E-state index contributed by atoms with van der Waals surface area (Å²) >= 11 is 3.21. The van der Waals surface area contributed by atoms with Crippen molar-refractivity contribution in [3.8, 4) is 5.75 Å². The van der Waals surface area contributed by atoms with Crippen molar-refractivity contribution in [2.24, 2.45) is 5.92 Å². The number of benzene rings is 1. The first-order valence-electron chi connectivity index (χ1n) is 5.92. The summed E-state index contributed by atoms with van der Waals surface area (Å²) in [7, 11) is 0. The van der Waals surface area contributed by atoms with Crippen LogP contribution in [0.15, 0.2) is 22.7 Å². The molecule has 0 radical (unpaired) electrons. The normalized spacial score (nSPS) is 12.5. The van der Waals surface area contributed by atoms with Crippen LogP contribution in [0.3, 0.4) is 0 Å². The van der Waals surface area contributed by atoms with Crippen LogP contribution in [0.25, 0.3) is 0 Å². The van der Waals surface area contributed by atoms with Crippen molar-refractivity contribution in [2.45, 2.75) is 20.3 Å². The highest BCUT2D eigenvalue weighted by molar-refractivity contribution is 9.10. The van der Waals surface area contributed by atoms with Crippen molar-refractivity contribution >= 4 is 15.9 Å². The van der Waals surface area contributed by atoms with E-state index in [1.54, 1.807) is 12.1 Å². The maximum Gasteiger partial charge on any atom is 0.166 e. The third-order valence-electron chi connectivity index (χ3n) is 2.34. The van der Waals surface area contributed by atoms with E-state index in [9.17, 15) is 4.39 Å². The van der Waals surface area contributed by atoms with Gasteiger partial charge in [0.2, 0.25) is 0 Å². The van der Waals surface area contributed by atoms with Gasteiger partial charge in [-0.3, -0.25) is 0 Å². The third-order valence-corrected chi connectivity index (χ3v) is 2.83. The molecule has 0 spiro atoms. The minimum absolute atomic E-state index is 0.315. The molecule has 17 heavy (non-hydrogen) atoms. The molecule has 2 nitrogen and oxygen atoms in total. The Hall–Kier alpha value is -0.610. The van der Waals surface area contributed by atoms with Gasteiger partial charge in [-0.15, -0.1) is 0 Å². The molecular formula is C13H19BrFNO. The minimum Gasteiger partial charge on any atom is -0.490 e. The number of hydrogen-bond acceptors (Lipinski definition) is 2. The summed E-state index contributed by atoms with van der Waals surface area (Å²) in [5.74, 6) is 0.355. The minimum atomic E-state index is -0.326. The second-order valence-electron chi connectivity index (χ2n) is 4.20. The van der Waals surface area contributed by atoms with E-state index in [0.29, 0.717) is 18.3 Å². The van der Waals surface area contributed by atoms with E-state index in [4.69, 9.17) is 4.74 Å². The van der Waals surface area contributed by atoms with Gasteiger partial charge in [-0.25, -0.2) is 4.39 Å². The number of ether oxygens (including phenoxy) is 1. The van der Waals surface area contributed by atoms with E-state index in [-0.39, 0.29) is 5.82 Å². The van der Waals surface area contributed by atoms with Crippen molar-refractivity contribution in [1.82, 2.24) is 5.32 Å². The van der Waals surface area contributed by atoms with Crippen LogP contribution >= 0.6 is 15.9 Å². The van der Waals surface area contributed by atoms with Crippen molar-refractivity contribution < 1.29 is 9.13 Å². The quantitative estimate of drug-likeness (QED) is 0.777. The molecule has 0 saturated carbocycles. The zero-order valence-corrected chi connectivity index (χ0v) is 11.9. The summed E-state index contributed by atoms with van der Waals surface area (Å²) in [6.07, 6.45) is 1.12. The van der Waals surface area contributed by atoms with Crippen LogP contribution in [0.5, 0.6) is 5.75 Å². The second-order valence-corrected chi connectivity index (χ2v) is 5.11. The molecule has 1 unspecified atom stereocenters. The number of hydrogen-bond donors (Lipinski definition) is 1. The Labute approximate surface area is 111 Å². The Morgan fingerprint density at radius 1 is 1.47 bits per heavy atom. The highest BCUT2D eigenvalue weighted by atomic mass is 79.9. The first-order chi connectivity index (χ1) is 8.13. The van der Waals surface area contributed by atoms with Gasteiger partial charge in [0.25, 0.3) is 0 Å². The lowest BCUT2D eigenvalue weighted by Gasteiger charge is -2.14. The van der Waals surface area contributed by atoms with Crippen LogP contribution in [0, 0.1) is 11.7 Å². The Morgan fingerprint density at radius 2 is 2.24 bits per heavy atom. The van der Waals surface area contributed by atoms with Crippen LogP contribution in [0.1, 0.15) is 20.3 Å². The van der Waals surface area contributed by atoms with Crippen molar-refractivity contribution in [2.75, 3.05) is 19.7 Å². The van der Waals surface area contributed by atoms with E-state index in [0.717, 1.165) is 24.0 Å². The van der Waals surface area contributed by atoms with Crippen LogP contribution < -0.4 is 10.1 Å². The fourth-order valence-corrected chi connectivity index (χ4v) is 1.74. The summed E-state index contributed by atoms with van der Waals surface area (Å²) < 4.78 is 19.6. The van der Waals surface area contributed by atoms with Gasteiger partial charge in [0.15, 0.2) is 11.6 Å². The zero-order valence-electron chi connectivity index (χ0n) is 10.3. The van der Waals surface area contributed by atoms with E-state index in [1.165, 1.54) is 6.07 Å². The molecule has 0 bridgehead atoms. The molecule has 0 amide bonds. The summed E-state index contributed by atoms with van der Waals surface area (Å²) in [5.41, 5.74) is 0. The van der Waals surface area contributed by atoms with Gasteiger partial charge in [-0.05, 0) is 31.2 Å². The molecule has 4 heteroatoms. The van der Waals surface area contributed by atoms with Gasteiger partial charge in [-0.1, -0.05) is 29.8 Å². The van der Waals surface area contributed by atoms with Crippen molar-refractivity contribution in [3.63, 3.8) is 0 Å². The molecule has 0 aromatic heterocycles. The summed E-state index contributed by atoms with van der Waals surface area (Å²) in [6, 6.07) is 4.83. The predicted molar refractivity (Wildman–Crippen MR) is 71.9 cm³/mol. The molecule has 0 aliphatic carbocycles. The van der Waals surface area contributed by atoms with Gasteiger partial charge < -0.3 is 10.1 Å². The van der Waals surface area contributed by atoms with Gasteiger partial charge >= 0.3 is 0 Å². The topological polar surface area (TPSA) is 21.3 Å². The molecule has 1 rings (SSSR count). The van der Waals surface area contributed by atoms with Gasteiger partial charge in [-0.2, -0.15) is 0 Å². The predicted octanol–water partition coefficient (Wildman–Crippen LogP) is 3.60. The smallest absolute Gasteiger partial charge is 0.166 e. The molecular weight excluding hydrogens is 285 g/mol. The first-order valence-corrected chi connectivity index (χ1v) is 6.71. The number of rotatable bonds is 7. The van der Waals surface area contributed by atoms with Crippen molar-refractivity contribution in [1.29, 1.82) is 0 Å². The Morgan fingerprint density at radius 3 is 2.88 bits per heavy atom. The maximum absolute atomic E-state index is 13.4.